The standard InChI is InChI=1S/C14H12BrClN4/c1-19-13(12(15)8-17-19)11-7-18-20(14(11)16)9-10-5-3-2-4-6-10/h2-8H,9H2,1H3. The molecule has 0 amide bonds. The highest BCUT2D eigenvalue weighted by Crippen LogP contribution is 2.32. The Morgan fingerprint density at radius 3 is 2.55 bits per heavy atom. The first-order chi connectivity index (χ1) is 9.66. The van der Waals surface area contributed by atoms with Crippen LogP contribution >= 0.6 is 27.5 Å². The number of aromatic nitrogens is 4. The Balaban J connectivity index is 1.97. The highest BCUT2D eigenvalue weighted by molar-refractivity contribution is 9.10. The quantitative estimate of drug-likeness (QED) is 0.720. The summed E-state index contributed by atoms with van der Waals surface area (Å²) in [7, 11) is 1.88. The molecular weight excluding hydrogens is 340 g/mol. The minimum Gasteiger partial charge on any atom is -0.267 e. The summed E-state index contributed by atoms with van der Waals surface area (Å²) in [6, 6.07) is 10.1. The van der Waals surface area contributed by atoms with Crippen molar-refractivity contribution < 1.29 is 0 Å². The Morgan fingerprint density at radius 2 is 1.90 bits per heavy atom. The fourth-order valence-corrected chi connectivity index (χ4v) is 2.91. The smallest absolute Gasteiger partial charge is 0.136 e. The lowest BCUT2D eigenvalue weighted by molar-refractivity contribution is 0.688. The van der Waals surface area contributed by atoms with Crippen LogP contribution in [0, 0.1) is 0 Å². The summed E-state index contributed by atoms with van der Waals surface area (Å²) in [4.78, 5) is 0. The van der Waals surface area contributed by atoms with Crippen molar-refractivity contribution in [2.24, 2.45) is 7.05 Å². The van der Waals surface area contributed by atoms with Gasteiger partial charge < -0.3 is 0 Å². The summed E-state index contributed by atoms with van der Waals surface area (Å²) in [6.07, 6.45) is 3.52. The lowest BCUT2D eigenvalue weighted by atomic mass is 10.2. The van der Waals surface area contributed by atoms with Crippen molar-refractivity contribution in [1.29, 1.82) is 0 Å². The van der Waals surface area contributed by atoms with Crippen molar-refractivity contribution in [3.05, 3.63) is 57.9 Å². The summed E-state index contributed by atoms with van der Waals surface area (Å²) in [5.74, 6) is 0. The van der Waals surface area contributed by atoms with Crippen LogP contribution in [-0.4, -0.2) is 19.6 Å². The molecule has 4 nitrogen and oxygen atoms in total. The maximum Gasteiger partial charge on any atom is 0.136 e. The lowest BCUT2D eigenvalue weighted by Crippen LogP contribution is -2.01. The molecular formula is C14H12BrClN4. The van der Waals surface area contributed by atoms with Gasteiger partial charge in [0.1, 0.15) is 5.15 Å². The van der Waals surface area contributed by atoms with E-state index < -0.39 is 0 Å². The van der Waals surface area contributed by atoms with Crippen molar-refractivity contribution in [3.63, 3.8) is 0 Å². The van der Waals surface area contributed by atoms with E-state index in [-0.39, 0.29) is 0 Å². The number of rotatable bonds is 3. The van der Waals surface area contributed by atoms with Gasteiger partial charge in [0.2, 0.25) is 0 Å². The van der Waals surface area contributed by atoms with E-state index >= 15 is 0 Å². The van der Waals surface area contributed by atoms with E-state index in [0.29, 0.717) is 11.7 Å². The predicted molar refractivity (Wildman–Crippen MR) is 82.7 cm³/mol. The first kappa shape index (κ1) is 13.4. The van der Waals surface area contributed by atoms with E-state index in [1.165, 1.54) is 0 Å². The van der Waals surface area contributed by atoms with E-state index in [4.69, 9.17) is 11.6 Å². The summed E-state index contributed by atoms with van der Waals surface area (Å²) in [5, 5.41) is 9.18. The fraction of sp³-hybridized carbons (Fsp3) is 0.143. The monoisotopic (exact) mass is 350 g/mol. The molecule has 3 aromatic rings. The van der Waals surface area contributed by atoms with Gasteiger partial charge in [-0.05, 0) is 21.5 Å². The van der Waals surface area contributed by atoms with E-state index in [1.54, 1.807) is 21.8 Å². The van der Waals surface area contributed by atoms with Crippen molar-refractivity contribution >= 4 is 27.5 Å². The van der Waals surface area contributed by atoms with Crippen LogP contribution in [0.5, 0.6) is 0 Å². The molecule has 0 fully saturated rings. The van der Waals surface area contributed by atoms with Gasteiger partial charge in [0.05, 0.1) is 34.7 Å². The van der Waals surface area contributed by atoms with Gasteiger partial charge in [0.25, 0.3) is 0 Å². The second kappa shape index (κ2) is 5.42. The van der Waals surface area contributed by atoms with E-state index in [0.717, 1.165) is 21.3 Å². The Morgan fingerprint density at radius 1 is 1.15 bits per heavy atom. The molecule has 0 saturated heterocycles. The molecule has 0 aliphatic rings. The minimum atomic E-state index is 0.609. The van der Waals surface area contributed by atoms with E-state index in [1.807, 2.05) is 25.2 Å². The van der Waals surface area contributed by atoms with Crippen LogP contribution in [0.2, 0.25) is 5.15 Å². The minimum absolute atomic E-state index is 0.609. The number of halogens is 2. The summed E-state index contributed by atoms with van der Waals surface area (Å²) in [5.41, 5.74) is 2.96. The predicted octanol–water partition coefficient (Wildman–Crippen LogP) is 3.75. The molecule has 0 bridgehead atoms. The maximum atomic E-state index is 6.45. The maximum absolute atomic E-state index is 6.45. The van der Waals surface area contributed by atoms with Gasteiger partial charge in [-0.25, -0.2) is 4.68 Å². The van der Waals surface area contributed by atoms with Crippen molar-refractivity contribution in [2.75, 3.05) is 0 Å². The van der Waals surface area contributed by atoms with E-state index in [2.05, 4.69) is 38.3 Å². The lowest BCUT2D eigenvalue weighted by Gasteiger charge is -2.05. The molecule has 2 aromatic heterocycles. The fourth-order valence-electron chi connectivity index (χ4n) is 2.11. The van der Waals surface area contributed by atoms with Crippen molar-refractivity contribution in [3.8, 4) is 11.3 Å². The highest BCUT2D eigenvalue weighted by Gasteiger charge is 2.16. The molecule has 2 heterocycles. The number of hydrogen-bond acceptors (Lipinski definition) is 2. The van der Waals surface area contributed by atoms with Gasteiger partial charge in [0.15, 0.2) is 0 Å². The Bertz CT molecular complexity index is 713. The molecule has 0 radical (unpaired) electrons. The van der Waals surface area contributed by atoms with E-state index in [9.17, 15) is 0 Å². The number of benzene rings is 1. The van der Waals surface area contributed by atoms with Crippen LogP contribution in [0.1, 0.15) is 5.56 Å². The topological polar surface area (TPSA) is 35.6 Å². The molecule has 102 valence electrons. The van der Waals surface area contributed by atoms with Crippen LogP contribution in [-0.2, 0) is 13.6 Å². The SMILES string of the molecule is Cn1ncc(Br)c1-c1cnn(Cc2ccccc2)c1Cl. The molecule has 0 saturated carbocycles. The molecule has 0 N–H and O–H groups in total. The van der Waals surface area contributed by atoms with Gasteiger partial charge >= 0.3 is 0 Å². The number of nitrogens with zero attached hydrogens (tertiary/aromatic N) is 4. The molecule has 0 aliphatic heterocycles. The van der Waals surface area contributed by atoms with Gasteiger partial charge in [-0.3, -0.25) is 4.68 Å². The molecule has 0 atom stereocenters. The van der Waals surface area contributed by atoms with Crippen LogP contribution in [0.25, 0.3) is 11.3 Å². The largest absolute Gasteiger partial charge is 0.267 e. The van der Waals surface area contributed by atoms with Crippen molar-refractivity contribution in [2.45, 2.75) is 6.54 Å². The highest BCUT2D eigenvalue weighted by atomic mass is 79.9. The summed E-state index contributed by atoms with van der Waals surface area (Å²) in [6.45, 7) is 0.648. The molecule has 0 spiro atoms. The zero-order chi connectivity index (χ0) is 14.1. The summed E-state index contributed by atoms with van der Waals surface area (Å²) >= 11 is 9.93. The molecule has 6 heteroatoms. The Kier molecular flexibility index (Phi) is 3.63. The molecule has 3 rings (SSSR count). The van der Waals surface area contributed by atoms with Gasteiger partial charge in [0, 0.05) is 7.05 Å². The van der Waals surface area contributed by atoms with Crippen LogP contribution in [0.4, 0.5) is 0 Å². The van der Waals surface area contributed by atoms with Crippen LogP contribution in [0.3, 0.4) is 0 Å². The molecule has 1 aromatic carbocycles. The van der Waals surface area contributed by atoms with Gasteiger partial charge in [-0.2, -0.15) is 10.2 Å². The molecule has 20 heavy (non-hydrogen) atoms. The average molecular weight is 352 g/mol. The molecule has 0 unspecified atom stereocenters. The third kappa shape index (κ3) is 2.39. The molecule has 0 aliphatic carbocycles. The second-order valence-electron chi connectivity index (χ2n) is 4.46. The second-order valence-corrected chi connectivity index (χ2v) is 5.67. The third-order valence-electron chi connectivity index (χ3n) is 3.10. The number of aryl methyl sites for hydroxylation is 1. The van der Waals surface area contributed by atoms with Crippen LogP contribution < -0.4 is 0 Å². The van der Waals surface area contributed by atoms with Crippen LogP contribution in [0.15, 0.2) is 47.2 Å². The zero-order valence-corrected chi connectivity index (χ0v) is 13.1. The van der Waals surface area contributed by atoms with Gasteiger partial charge in [-0.1, -0.05) is 41.9 Å². The zero-order valence-electron chi connectivity index (χ0n) is 10.8. The average Bonchev–Trinajstić information content (AvgIpc) is 2.96. The van der Waals surface area contributed by atoms with Crippen molar-refractivity contribution in [1.82, 2.24) is 19.6 Å². The Hall–Kier alpha value is -1.59. The van der Waals surface area contributed by atoms with Gasteiger partial charge in [-0.15, -0.1) is 0 Å². The Labute approximate surface area is 130 Å². The number of hydrogen-bond donors (Lipinski definition) is 0. The normalized spacial score (nSPS) is 10.9. The summed E-state index contributed by atoms with van der Waals surface area (Å²) < 4.78 is 4.46. The first-order valence-electron chi connectivity index (χ1n) is 6.10. The third-order valence-corrected chi connectivity index (χ3v) is 4.08. The first-order valence-corrected chi connectivity index (χ1v) is 7.27.